The summed E-state index contributed by atoms with van der Waals surface area (Å²) in [4.78, 5) is 37.9. The Morgan fingerprint density at radius 1 is 1.30 bits per heavy atom. The van der Waals surface area contributed by atoms with Gasteiger partial charge >= 0.3 is 5.97 Å². The SMILES string of the molecule is CN1CC(C(C)(C)C)n2cc(C(=O)O)c(=O)cc2/C1=C1\C=CC=C(OCC2CCC(=O)N2)C1. The lowest BCUT2D eigenvalue weighted by Gasteiger charge is -2.44. The number of aromatic nitrogens is 1. The van der Waals surface area contributed by atoms with Gasteiger partial charge in [0.25, 0.3) is 0 Å². The van der Waals surface area contributed by atoms with Crippen LogP contribution in [0, 0.1) is 5.41 Å². The predicted molar refractivity (Wildman–Crippen MR) is 125 cm³/mol. The van der Waals surface area contributed by atoms with Crippen molar-refractivity contribution in [1.82, 2.24) is 14.8 Å². The van der Waals surface area contributed by atoms with E-state index in [1.807, 2.05) is 29.8 Å². The summed E-state index contributed by atoms with van der Waals surface area (Å²) in [5.41, 5.74) is 1.73. The first-order valence-corrected chi connectivity index (χ1v) is 11.3. The summed E-state index contributed by atoms with van der Waals surface area (Å²) in [6, 6.07) is 1.46. The number of amides is 1. The van der Waals surface area contributed by atoms with E-state index >= 15 is 0 Å². The normalized spacial score (nSPS) is 24.9. The van der Waals surface area contributed by atoms with Gasteiger partial charge < -0.3 is 24.6 Å². The Balaban J connectivity index is 1.70. The zero-order valence-electron chi connectivity index (χ0n) is 19.6. The minimum Gasteiger partial charge on any atom is -0.495 e. The van der Waals surface area contributed by atoms with E-state index in [-0.39, 0.29) is 29.0 Å². The van der Waals surface area contributed by atoms with E-state index in [4.69, 9.17) is 4.74 Å². The number of carboxylic acid groups (broad SMARTS) is 1. The fourth-order valence-corrected chi connectivity index (χ4v) is 4.74. The van der Waals surface area contributed by atoms with Crippen LogP contribution in [0.4, 0.5) is 0 Å². The molecule has 1 aliphatic carbocycles. The van der Waals surface area contributed by atoms with Gasteiger partial charge in [-0.2, -0.15) is 0 Å². The summed E-state index contributed by atoms with van der Waals surface area (Å²) in [6.45, 7) is 7.45. The van der Waals surface area contributed by atoms with Crippen LogP contribution in [-0.2, 0) is 9.53 Å². The molecule has 33 heavy (non-hydrogen) atoms. The molecule has 0 aromatic carbocycles. The first kappa shape index (κ1) is 22.9. The number of likely N-dealkylation sites (N-methyl/N-ethyl adjacent to an activating group) is 1. The third-order valence-electron chi connectivity index (χ3n) is 6.52. The van der Waals surface area contributed by atoms with Gasteiger partial charge in [0, 0.05) is 38.7 Å². The van der Waals surface area contributed by atoms with Crippen LogP contribution in [0.25, 0.3) is 5.70 Å². The predicted octanol–water partition coefficient (Wildman–Crippen LogP) is 2.93. The Bertz CT molecular complexity index is 1140. The molecular weight excluding hydrogens is 422 g/mol. The molecule has 3 aliphatic rings. The summed E-state index contributed by atoms with van der Waals surface area (Å²) < 4.78 is 7.96. The van der Waals surface area contributed by atoms with Crippen molar-refractivity contribution < 1.29 is 19.4 Å². The number of pyridine rings is 1. The first-order chi connectivity index (χ1) is 15.5. The highest BCUT2D eigenvalue weighted by Crippen LogP contribution is 2.41. The van der Waals surface area contributed by atoms with Crippen molar-refractivity contribution in [3.8, 4) is 0 Å². The molecule has 1 aromatic rings. The van der Waals surface area contributed by atoms with Gasteiger partial charge in [-0.25, -0.2) is 4.79 Å². The number of aromatic carboxylic acids is 1. The van der Waals surface area contributed by atoms with Gasteiger partial charge in [-0.3, -0.25) is 9.59 Å². The second-order valence-corrected chi connectivity index (χ2v) is 10.1. The topological polar surface area (TPSA) is 101 Å². The van der Waals surface area contributed by atoms with Crippen LogP contribution >= 0.6 is 0 Å². The zero-order chi connectivity index (χ0) is 23.9. The minimum atomic E-state index is -1.22. The maximum absolute atomic E-state index is 12.6. The summed E-state index contributed by atoms with van der Waals surface area (Å²) in [7, 11) is 2.00. The number of hydrogen-bond acceptors (Lipinski definition) is 5. The van der Waals surface area contributed by atoms with Gasteiger partial charge in [-0.05, 0) is 23.5 Å². The molecule has 1 aromatic heterocycles. The highest BCUT2D eigenvalue weighted by atomic mass is 16.5. The number of carboxylic acids is 1. The van der Waals surface area contributed by atoms with E-state index in [1.54, 1.807) is 0 Å². The lowest BCUT2D eigenvalue weighted by molar-refractivity contribution is -0.119. The van der Waals surface area contributed by atoms with Crippen LogP contribution < -0.4 is 10.7 Å². The highest BCUT2D eigenvalue weighted by Gasteiger charge is 2.36. The van der Waals surface area contributed by atoms with E-state index < -0.39 is 11.4 Å². The van der Waals surface area contributed by atoms with Crippen molar-refractivity contribution in [3.63, 3.8) is 0 Å². The Morgan fingerprint density at radius 3 is 2.70 bits per heavy atom. The number of nitrogens with one attached hydrogen (secondary N) is 1. The Morgan fingerprint density at radius 2 is 2.06 bits per heavy atom. The summed E-state index contributed by atoms with van der Waals surface area (Å²) in [6.07, 6.45) is 9.20. The molecule has 0 radical (unpaired) electrons. The maximum Gasteiger partial charge on any atom is 0.341 e. The van der Waals surface area contributed by atoms with E-state index in [9.17, 15) is 19.5 Å². The average Bonchev–Trinajstić information content (AvgIpc) is 3.15. The number of carbonyl (C=O) groups is 2. The second-order valence-electron chi connectivity index (χ2n) is 10.1. The van der Waals surface area contributed by atoms with Crippen LogP contribution in [0.3, 0.4) is 0 Å². The smallest absolute Gasteiger partial charge is 0.341 e. The van der Waals surface area contributed by atoms with Gasteiger partial charge in [0.1, 0.15) is 17.9 Å². The molecule has 8 nitrogen and oxygen atoms in total. The number of fused-ring (bicyclic) bond motifs is 1. The molecule has 176 valence electrons. The van der Waals surface area contributed by atoms with Gasteiger partial charge in [-0.1, -0.05) is 32.9 Å². The molecular formula is C25H31N3O5. The van der Waals surface area contributed by atoms with E-state index in [0.717, 1.165) is 23.5 Å². The Labute approximate surface area is 193 Å². The third-order valence-corrected chi connectivity index (χ3v) is 6.52. The summed E-state index contributed by atoms with van der Waals surface area (Å²) in [5.74, 6) is -0.362. The van der Waals surface area contributed by atoms with Crippen molar-refractivity contribution in [1.29, 1.82) is 0 Å². The monoisotopic (exact) mass is 453 g/mol. The Hall–Kier alpha value is -3.29. The van der Waals surface area contributed by atoms with Crippen molar-refractivity contribution in [3.05, 3.63) is 63.3 Å². The first-order valence-electron chi connectivity index (χ1n) is 11.3. The Kier molecular flexibility index (Phi) is 5.95. The highest BCUT2D eigenvalue weighted by molar-refractivity contribution is 5.87. The van der Waals surface area contributed by atoms with Crippen LogP contribution in [-0.4, -0.2) is 52.7 Å². The second kappa shape index (κ2) is 8.57. The number of hydrogen-bond donors (Lipinski definition) is 2. The van der Waals surface area contributed by atoms with Crippen molar-refractivity contribution in [2.75, 3.05) is 20.2 Å². The number of rotatable bonds is 4. The maximum atomic E-state index is 12.6. The minimum absolute atomic E-state index is 0.00893. The molecule has 8 heteroatoms. The fourth-order valence-electron chi connectivity index (χ4n) is 4.74. The van der Waals surface area contributed by atoms with Crippen molar-refractivity contribution in [2.24, 2.45) is 5.41 Å². The molecule has 2 atom stereocenters. The van der Waals surface area contributed by atoms with Gasteiger partial charge in [0.15, 0.2) is 5.43 Å². The molecule has 0 bridgehead atoms. The quantitative estimate of drug-likeness (QED) is 0.727. The van der Waals surface area contributed by atoms with E-state index in [0.29, 0.717) is 31.7 Å². The van der Waals surface area contributed by atoms with E-state index in [2.05, 4.69) is 31.0 Å². The molecule has 1 fully saturated rings. The molecule has 2 N–H and O–H groups in total. The molecule has 4 rings (SSSR count). The van der Waals surface area contributed by atoms with E-state index in [1.165, 1.54) is 12.3 Å². The summed E-state index contributed by atoms with van der Waals surface area (Å²) in [5, 5.41) is 12.4. The van der Waals surface area contributed by atoms with Crippen LogP contribution in [0.5, 0.6) is 0 Å². The van der Waals surface area contributed by atoms with Crippen LogP contribution in [0.2, 0.25) is 0 Å². The molecule has 1 amide bonds. The number of ether oxygens (including phenoxy) is 1. The van der Waals surface area contributed by atoms with Crippen LogP contribution in [0.15, 0.2) is 46.6 Å². The van der Waals surface area contributed by atoms with Gasteiger partial charge in [0.2, 0.25) is 5.91 Å². The third kappa shape index (κ3) is 4.60. The van der Waals surface area contributed by atoms with Crippen molar-refractivity contribution >= 4 is 17.6 Å². The molecule has 1 saturated heterocycles. The number of allylic oxidation sites excluding steroid dienone is 4. The van der Waals surface area contributed by atoms with Gasteiger partial charge in [-0.15, -0.1) is 0 Å². The molecule has 0 spiro atoms. The van der Waals surface area contributed by atoms with Gasteiger partial charge in [0.05, 0.1) is 23.5 Å². The molecule has 0 saturated carbocycles. The zero-order valence-corrected chi connectivity index (χ0v) is 19.6. The van der Waals surface area contributed by atoms with Crippen molar-refractivity contribution in [2.45, 2.75) is 52.1 Å². The van der Waals surface area contributed by atoms with Crippen LogP contribution in [0.1, 0.15) is 62.1 Å². The lowest BCUT2D eigenvalue weighted by atomic mass is 9.83. The molecule has 3 heterocycles. The molecule has 2 unspecified atom stereocenters. The standard InChI is InChI=1S/C25H31N3O5/c1-25(2,3)21-13-27(4)23(19-11-20(29)18(24(31)32)12-28(19)21)15-6-5-7-17(10-15)33-14-16-8-9-22(30)26-16/h5-7,11-12,16,21H,8-10,13-14H2,1-4H3,(H,26,30)(H,31,32)/b23-15-. The largest absolute Gasteiger partial charge is 0.495 e. The lowest BCUT2D eigenvalue weighted by Crippen LogP contribution is -2.42. The number of carbonyl (C=O) groups excluding carboxylic acids is 1. The molecule has 2 aliphatic heterocycles. The number of nitrogens with zero attached hydrogens (tertiary/aromatic N) is 2. The average molecular weight is 454 g/mol. The fraction of sp³-hybridized carbons (Fsp3) is 0.480. The summed E-state index contributed by atoms with van der Waals surface area (Å²) >= 11 is 0.